The monoisotopic (exact) mass is 396 g/mol. The quantitative estimate of drug-likeness (QED) is 0.311. The van der Waals surface area contributed by atoms with E-state index in [2.05, 4.69) is 48.8 Å². The van der Waals surface area contributed by atoms with Crippen LogP contribution in [0.1, 0.15) is 34.2 Å². The number of nitrogens with one attached hydrogen (secondary N) is 3. The van der Waals surface area contributed by atoms with Crippen molar-refractivity contribution in [2.75, 3.05) is 0 Å². The molecule has 3 aromatic heterocycles. The van der Waals surface area contributed by atoms with Crippen LogP contribution in [0, 0.1) is 59.7 Å². The Labute approximate surface area is 164 Å². The summed E-state index contributed by atoms with van der Waals surface area (Å²) in [5.41, 5.74) is 5.78. The normalized spacial score (nSPS) is 8.65. The van der Waals surface area contributed by atoms with Gasteiger partial charge in [0.05, 0.1) is 0 Å². The van der Waals surface area contributed by atoms with E-state index >= 15 is 0 Å². The summed E-state index contributed by atoms with van der Waals surface area (Å²) in [7, 11) is -2.92. The van der Waals surface area contributed by atoms with Crippen LogP contribution < -0.4 is 15.1 Å². The summed E-state index contributed by atoms with van der Waals surface area (Å²) in [5.74, 6) is 0. The van der Waals surface area contributed by atoms with E-state index < -0.39 is 7.32 Å². The Hall–Kier alpha value is -1.89. The van der Waals surface area contributed by atoms with Crippen LogP contribution in [0.5, 0.6) is 0 Å². The van der Waals surface area contributed by atoms with E-state index in [9.17, 15) is 0 Å². The molecule has 0 amide bonds. The van der Waals surface area contributed by atoms with Crippen LogP contribution in [-0.4, -0.2) is 37.9 Å². The van der Waals surface area contributed by atoms with Crippen LogP contribution in [0.2, 0.25) is 0 Å². The van der Waals surface area contributed by atoms with Crippen molar-refractivity contribution in [3.05, 3.63) is 52.4 Å². The maximum Gasteiger partial charge on any atom is 6.00 e. The van der Waals surface area contributed by atoms with E-state index in [-0.39, 0.29) is 17.4 Å². The molecule has 26 heavy (non-hydrogen) atoms. The number of aromatic nitrogens is 6. The van der Waals surface area contributed by atoms with Crippen LogP contribution in [0.4, 0.5) is 0 Å². The van der Waals surface area contributed by atoms with Gasteiger partial charge in [-0.15, -0.1) is 34.2 Å². The van der Waals surface area contributed by atoms with Crippen molar-refractivity contribution < 1.29 is 32.4 Å². The van der Waals surface area contributed by atoms with Gasteiger partial charge < -0.3 is 48.6 Å². The van der Waals surface area contributed by atoms with Gasteiger partial charge in [-0.25, -0.2) is 15.3 Å². The number of aromatic amines is 3. The molecule has 3 heterocycles. The van der Waals surface area contributed by atoms with Gasteiger partial charge in [0.15, 0.2) is 0 Å². The molecule has 0 radical (unpaired) electrons. The molecule has 138 valence electrons. The summed E-state index contributed by atoms with van der Waals surface area (Å²) >= 11 is 0. The van der Waals surface area contributed by atoms with E-state index in [1.165, 1.54) is 0 Å². The predicted octanol–water partition coefficient (Wildman–Crippen LogP) is -1.47. The Morgan fingerprint density at radius 1 is 0.615 bits per heavy atom. The van der Waals surface area contributed by atoms with Crippen molar-refractivity contribution >= 4 is 7.32 Å². The van der Waals surface area contributed by atoms with Crippen LogP contribution >= 0.6 is 0 Å². The van der Waals surface area contributed by atoms with Gasteiger partial charge in [-0.1, -0.05) is 41.5 Å². The molecular formula is C15H21BCrN6O3. The number of H-pyrrole nitrogens is 3. The first-order valence-corrected chi connectivity index (χ1v) is 7.30. The van der Waals surface area contributed by atoms with Crippen molar-refractivity contribution in [2.24, 2.45) is 0 Å². The summed E-state index contributed by atoms with van der Waals surface area (Å²) in [6.45, 7) is 11.5. The molecule has 0 spiro atoms. The summed E-state index contributed by atoms with van der Waals surface area (Å²) in [6.07, 6.45) is 0. The first-order valence-electron chi connectivity index (χ1n) is 7.30. The Balaban J connectivity index is 0. The van der Waals surface area contributed by atoms with Crippen molar-refractivity contribution in [3.63, 3.8) is 0 Å². The maximum atomic E-state index is 8.42. The van der Waals surface area contributed by atoms with Crippen molar-refractivity contribution in [2.45, 2.75) is 41.5 Å². The number of aryl methyl sites for hydroxylation is 6. The molecule has 9 nitrogen and oxygen atoms in total. The minimum absolute atomic E-state index is 0. The first kappa shape index (κ1) is 26.3. The second kappa shape index (κ2) is 14.3. The molecule has 0 aliphatic heterocycles. The van der Waals surface area contributed by atoms with Gasteiger partial charge in [-0.05, 0) is 0 Å². The summed E-state index contributed by atoms with van der Waals surface area (Å²) < 4.78 is 0. The third kappa shape index (κ3) is 15.6. The van der Waals surface area contributed by atoms with E-state index in [0.717, 1.165) is 34.2 Å². The smallest absolute Gasteiger partial charge is 0.907 e. The number of hydrogen-bond donors (Lipinski definition) is 3. The van der Waals surface area contributed by atoms with Crippen molar-refractivity contribution in [3.8, 4) is 0 Å². The first-order chi connectivity index (χ1) is 11.6. The fourth-order valence-electron chi connectivity index (χ4n) is 1.48. The molecule has 0 saturated carbocycles. The molecule has 0 aliphatic carbocycles. The van der Waals surface area contributed by atoms with Crippen molar-refractivity contribution in [1.82, 2.24) is 30.6 Å². The Morgan fingerprint density at radius 2 is 0.808 bits per heavy atom. The fourth-order valence-corrected chi connectivity index (χ4v) is 1.48. The largest absolute Gasteiger partial charge is 6.00 e. The van der Waals surface area contributed by atoms with E-state index in [4.69, 9.17) is 15.1 Å². The maximum absolute atomic E-state index is 8.42. The summed E-state index contributed by atoms with van der Waals surface area (Å²) in [4.78, 5) is 0. The molecule has 3 N–H and O–H groups in total. The minimum atomic E-state index is -2.92. The average Bonchev–Trinajstić information content (AvgIpc) is 3.15. The molecule has 0 unspecified atom stereocenters. The molecule has 3 aromatic rings. The van der Waals surface area contributed by atoms with Gasteiger partial charge in [0.2, 0.25) is 0 Å². The Kier molecular flexibility index (Phi) is 14.5. The zero-order valence-corrected chi connectivity index (χ0v) is 16.8. The topological polar surface area (TPSA) is 155 Å². The van der Waals surface area contributed by atoms with Crippen molar-refractivity contribution in [1.29, 1.82) is 0 Å². The molecule has 0 fully saturated rings. The van der Waals surface area contributed by atoms with Crippen LogP contribution in [0.25, 0.3) is 0 Å². The number of hydrogen-bond acceptors (Lipinski definition) is 6. The minimum Gasteiger partial charge on any atom is -0.907 e. The summed E-state index contributed by atoms with van der Waals surface area (Å²) in [6, 6.07) is 8.92. The zero-order valence-electron chi connectivity index (χ0n) is 15.6. The van der Waals surface area contributed by atoms with Crippen LogP contribution in [-0.2, 0) is 17.4 Å². The van der Waals surface area contributed by atoms with E-state index in [1.54, 1.807) is 0 Å². The van der Waals surface area contributed by atoms with E-state index in [1.807, 2.05) is 41.5 Å². The molecule has 3 rings (SSSR count). The van der Waals surface area contributed by atoms with Gasteiger partial charge >= 0.3 is 17.4 Å². The average molecular weight is 396 g/mol. The Bertz CT molecular complexity index is 570. The molecule has 0 aromatic carbocycles. The summed E-state index contributed by atoms with van der Waals surface area (Å²) in [5, 5.41) is 45.0. The van der Waals surface area contributed by atoms with Gasteiger partial charge in [-0.2, -0.15) is 0 Å². The van der Waals surface area contributed by atoms with Gasteiger partial charge in [0.1, 0.15) is 0 Å². The molecule has 11 heteroatoms. The van der Waals surface area contributed by atoms with Gasteiger partial charge in [-0.3, -0.25) is 7.32 Å². The molecule has 0 atom stereocenters. The third-order valence-electron chi connectivity index (χ3n) is 2.28. The second-order valence-electron chi connectivity index (χ2n) is 4.97. The fraction of sp³-hybridized carbons (Fsp3) is 0.400. The molecule has 0 bridgehead atoms. The van der Waals surface area contributed by atoms with Gasteiger partial charge in [0.25, 0.3) is 0 Å². The molecule has 0 aliphatic rings. The van der Waals surface area contributed by atoms with Crippen LogP contribution in [0.3, 0.4) is 0 Å². The standard InChI is InChI=1S/3C5H7N2.BO3.Cr/c3*1-4-3-5(2)7-6-4;2-1(3)4;/h3*1-2H3,(H,6,7);;/q3*-1;-3;+6. The number of rotatable bonds is 0. The predicted molar refractivity (Wildman–Crippen MR) is 86.4 cm³/mol. The molecule has 0 saturated heterocycles. The van der Waals surface area contributed by atoms with E-state index in [0.29, 0.717) is 0 Å². The zero-order chi connectivity index (χ0) is 19.4. The van der Waals surface area contributed by atoms with Gasteiger partial charge in [0, 0.05) is 0 Å². The van der Waals surface area contributed by atoms with Crippen LogP contribution in [0.15, 0.2) is 0 Å². The SMILES string of the molecule is Cc1[c-]c(C)[nH]n1.Cc1[c-]c(C)[nH]n1.Cc1[c-]c(C)[nH]n1.[Cr+6].[O-]B([O-])[O-]. The Morgan fingerprint density at radius 3 is 0.846 bits per heavy atom. The number of nitrogens with zero attached hydrogens (tertiary/aromatic N) is 3. The molecular weight excluding hydrogens is 375 g/mol. The third-order valence-corrected chi connectivity index (χ3v) is 2.28. The second-order valence-corrected chi connectivity index (χ2v) is 4.97.